The molecule has 0 atom stereocenters. The summed E-state index contributed by atoms with van der Waals surface area (Å²) in [6.07, 6.45) is 7.57. The summed E-state index contributed by atoms with van der Waals surface area (Å²) in [5.41, 5.74) is 13.7. The van der Waals surface area contributed by atoms with Gasteiger partial charge in [-0.05, 0) is 46.4 Å². The fourth-order valence-corrected chi connectivity index (χ4v) is 5.72. The minimum atomic E-state index is 0.888. The summed E-state index contributed by atoms with van der Waals surface area (Å²) in [4.78, 5) is 14.3. The molecule has 2 aliphatic rings. The highest BCUT2D eigenvalue weighted by atomic mass is 15.1. The first-order valence-corrected chi connectivity index (χ1v) is 10.6. The number of aromatic nitrogens is 4. The number of fused-ring (bicyclic) bond motifs is 14. The predicted octanol–water partition coefficient (Wildman–Crippen LogP) is 5.57. The lowest BCUT2D eigenvalue weighted by atomic mass is 9.96. The number of nitrogens with zero attached hydrogens (tertiary/aromatic N) is 4. The van der Waals surface area contributed by atoms with Gasteiger partial charge in [0.1, 0.15) is 5.52 Å². The van der Waals surface area contributed by atoms with Crippen LogP contribution in [-0.4, -0.2) is 19.4 Å². The van der Waals surface area contributed by atoms with Gasteiger partial charge in [0.15, 0.2) is 5.65 Å². The molecule has 0 saturated carbocycles. The standard InChI is InChI=1S/C27H16N4/c1-2-5-17-15(4-1)12-16-7-8-19-20(24(16)17)13-23-25(19)30-27-26-18(6-3-10-29-26)21-14-28-11-9-22(21)31(23)27/h1-11,14H,12-13H2. The minimum Gasteiger partial charge on any atom is -0.294 e. The Kier molecular flexibility index (Phi) is 2.72. The molecule has 8 rings (SSSR count). The first kappa shape index (κ1) is 15.7. The zero-order valence-electron chi connectivity index (χ0n) is 16.6. The third kappa shape index (κ3) is 1.84. The maximum Gasteiger partial charge on any atom is 0.164 e. The van der Waals surface area contributed by atoms with Crippen molar-refractivity contribution in [1.29, 1.82) is 0 Å². The number of benzene rings is 2. The molecular formula is C27H16N4. The average molecular weight is 396 g/mol. The van der Waals surface area contributed by atoms with Crippen LogP contribution in [0.5, 0.6) is 0 Å². The van der Waals surface area contributed by atoms with Crippen LogP contribution >= 0.6 is 0 Å². The normalized spacial score (nSPS) is 13.5. The Labute approximate surface area is 177 Å². The molecule has 0 saturated heterocycles. The van der Waals surface area contributed by atoms with Gasteiger partial charge in [0.2, 0.25) is 0 Å². The molecule has 4 aromatic heterocycles. The van der Waals surface area contributed by atoms with Gasteiger partial charge >= 0.3 is 0 Å². The van der Waals surface area contributed by atoms with E-state index >= 15 is 0 Å². The minimum absolute atomic E-state index is 0.888. The Bertz CT molecular complexity index is 1740. The van der Waals surface area contributed by atoms with Crippen molar-refractivity contribution in [2.45, 2.75) is 12.8 Å². The smallest absolute Gasteiger partial charge is 0.164 e. The molecular weight excluding hydrogens is 380 g/mol. The van der Waals surface area contributed by atoms with E-state index in [1.807, 2.05) is 24.7 Å². The molecule has 2 aromatic carbocycles. The summed E-state index contributed by atoms with van der Waals surface area (Å²) >= 11 is 0. The van der Waals surface area contributed by atoms with Gasteiger partial charge in [-0.25, -0.2) is 4.98 Å². The third-order valence-corrected chi connectivity index (χ3v) is 6.99. The molecule has 0 amide bonds. The van der Waals surface area contributed by atoms with E-state index < -0.39 is 0 Å². The summed E-state index contributed by atoms with van der Waals surface area (Å²) < 4.78 is 2.31. The molecule has 4 heterocycles. The van der Waals surface area contributed by atoms with Crippen molar-refractivity contribution >= 4 is 27.5 Å². The van der Waals surface area contributed by atoms with Crippen molar-refractivity contribution in [3.8, 4) is 22.4 Å². The Morgan fingerprint density at radius 2 is 1.74 bits per heavy atom. The van der Waals surface area contributed by atoms with Gasteiger partial charge in [-0.2, -0.15) is 0 Å². The molecule has 0 spiro atoms. The summed E-state index contributed by atoms with van der Waals surface area (Å²) in [5, 5.41) is 2.22. The van der Waals surface area contributed by atoms with Crippen LogP contribution in [0.15, 0.2) is 73.2 Å². The molecule has 6 aromatic rings. The second kappa shape index (κ2) is 5.35. The van der Waals surface area contributed by atoms with Crippen molar-refractivity contribution in [2.75, 3.05) is 0 Å². The van der Waals surface area contributed by atoms with E-state index in [0.717, 1.165) is 46.0 Å². The first-order valence-electron chi connectivity index (χ1n) is 10.6. The lowest BCUT2D eigenvalue weighted by Crippen LogP contribution is -1.98. The molecule has 0 bridgehead atoms. The molecule has 0 aliphatic heterocycles. The summed E-state index contributed by atoms with van der Waals surface area (Å²) in [7, 11) is 0. The number of rotatable bonds is 0. The van der Waals surface area contributed by atoms with E-state index in [2.05, 4.69) is 57.9 Å². The van der Waals surface area contributed by atoms with Crippen LogP contribution in [0.1, 0.15) is 22.4 Å². The SMILES string of the molecule is c1ccc2c(c1)Cc1ccc3c(c1-2)Cc1c-3nc2c3ncccc3c3cnccc3n12. The van der Waals surface area contributed by atoms with E-state index in [1.165, 1.54) is 39.1 Å². The molecule has 31 heavy (non-hydrogen) atoms. The molecule has 4 heteroatoms. The highest BCUT2D eigenvalue weighted by Gasteiger charge is 2.32. The van der Waals surface area contributed by atoms with E-state index in [9.17, 15) is 0 Å². The lowest BCUT2D eigenvalue weighted by Gasteiger charge is -2.11. The third-order valence-electron chi connectivity index (χ3n) is 6.99. The highest BCUT2D eigenvalue weighted by Crippen LogP contribution is 2.48. The molecule has 0 radical (unpaired) electrons. The summed E-state index contributed by atoms with van der Waals surface area (Å²) in [5.74, 6) is 0. The second-order valence-electron chi connectivity index (χ2n) is 8.50. The van der Waals surface area contributed by atoms with E-state index in [-0.39, 0.29) is 0 Å². The van der Waals surface area contributed by atoms with Gasteiger partial charge in [0.05, 0.1) is 16.9 Å². The van der Waals surface area contributed by atoms with Crippen LogP contribution in [0, 0.1) is 0 Å². The van der Waals surface area contributed by atoms with E-state index in [0.29, 0.717) is 0 Å². The van der Waals surface area contributed by atoms with Crippen LogP contribution in [0.3, 0.4) is 0 Å². The van der Waals surface area contributed by atoms with E-state index in [1.54, 1.807) is 0 Å². The Balaban J connectivity index is 1.50. The number of pyridine rings is 3. The second-order valence-corrected chi connectivity index (χ2v) is 8.50. The lowest BCUT2D eigenvalue weighted by molar-refractivity contribution is 1.09. The zero-order chi connectivity index (χ0) is 20.1. The summed E-state index contributed by atoms with van der Waals surface area (Å²) in [6, 6.07) is 19.6. The fraction of sp³-hybridized carbons (Fsp3) is 0.0741. The van der Waals surface area contributed by atoms with Gasteiger partial charge in [-0.1, -0.05) is 42.5 Å². The van der Waals surface area contributed by atoms with Gasteiger partial charge in [0, 0.05) is 41.3 Å². The van der Waals surface area contributed by atoms with E-state index in [4.69, 9.17) is 9.97 Å². The molecule has 0 unspecified atom stereocenters. The maximum atomic E-state index is 5.17. The van der Waals surface area contributed by atoms with Crippen LogP contribution in [0.4, 0.5) is 0 Å². The molecule has 0 N–H and O–H groups in total. The van der Waals surface area contributed by atoms with Crippen molar-refractivity contribution in [1.82, 2.24) is 19.4 Å². The van der Waals surface area contributed by atoms with Crippen LogP contribution < -0.4 is 0 Å². The van der Waals surface area contributed by atoms with Crippen molar-refractivity contribution < 1.29 is 0 Å². The van der Waals surface area contributed by atoms with Gasteiger partial charge in [0.25, 0.3) is 0 Å². The predicted molar refractivity (Wildman–Crippen MR) is 122 cm³/mol. The topological polar surface area (TPSA) is 43.1 Å². The maximum absolute atomic E-state index is 5.17. The summed E-state index contributed by atoms with van der Waals surface area (Å²) in [6.45, 7) is 0. The Morgan fingerprint density at radius 1 is 0.774 bits per heavy atom. The molecule has 0 fully saturated rings. The average Bonchev–Trinajstić information content (AvgIpc) is 3.48. The van der Waals surface area contributed by atoms with Crippen molar-refractivity contribution in [3.63, 3.8) is 0 Å². The molecule has 144 valence electrons. The Morgan fingerprint density at radius 3 is 2.74 bits per heavy atom. The number of hydrogen-bond donors (Lipinski definition) is 0. The molecule has 2 aliphatic carbocycles. The van der Waals surface area contributed by atoms with Crippen LogP contribution in [0.2, 0.25) is 0 Å². The fourth-order valence-electron chi connectivity index (χ4n) is 5.72. The van der Waals surface area contributed by atoms with Crippen molar-refractivity contribution in [2.24, 2.45) is 0 Å². The first-order chi connectivity index (χ1) is 15.4. The molecule has 4 nitrogen and oxygen atoms in total. The number of imidazole rings is 1. The zero-order valence-corrected chi connectivity index (χ0v) is 16.6. The van der Waals surface area contributed by atoms with Gasteiger partial charge in [-0.15, -0.1) is 0 Å². The van der Waals surface area contributed by atoms with Crippen molar-refractivity contribution in [3.05, 3.63) is 95.6 Å². The van der Waals surface area contributed by atoms with Gasteiger partial charge in [-0.3, -0.25) is 14.4 Å². The quantitative estimate of drug-likeness (QED) is 0.315. The van der Waals surface area contributed by atoms with Gasteiger partial charge < -0.3 is 0 Å². The van der Waals surface area contributed by atoms with Crippen LogP contribution in [-0.2, 0) is 12.8 Å². The monoisotopic (exact) mass is 396 g/mol. The largest absolute Gasteiger partial charge is 0.294 e. The number of hydrogen-bond acceptors (Lipinski definition) is 3. The highest BCUT2D eigenvalue weighted by molar-refractivity contribution is 6.10. The Hall–Kier alpha value is -4.05. The van der Waals surface area contributed by atoms with Crippen LogP contribution in [0.25, 0.3) is 49.8 Å².